The van der Waals surface area contributed by atoms with E-state index in [1.54, 1.807) is 6.92 Å². The van der Waals surface area contributed by atoms with Gasteiger partial charge in [-0.15, -0.1) is 0 Å². The van der Waals surface area contributed by atoms with Crippen molar-refractivity contribution in [3.63, 3.8) is 0 Å². The van der Waals surface area contributed by atoms with Crippen molar-refractivity contribution in [1.82, 2.24) is 9.13 Å². The fourth-order valence-electron chi connectivity index (χ4n) is 1.16. The summed E-state index contributed by atoms with van der Waals surface area (Å²) >= 11 is 0. The number of rotatable bonds is 2. The summed E-state index contributed by atoms with van der Waals surface area (Å²) in [6.45, 7) is 1.83. The zero-order chi connectivity index (χ0) is 11.6. The Labute approximate surface area is 85.7 Å². The Morgan fingerprint density at radius 2 is 2.00 bits per heavy atom. The summed E-state index contributed by atoms with van der Waals surface area (Å²) in [6.07, 6.45) is 1.18. The van der Waals surface area contributed by atoms with Gasteiger partial charge >= 0.3 is 11.7 Å². The van der Waals surface area contributed by atoms with Crippen molar-refractivity contribution in [2.75, 3.05) is 6.61 Å². The predicted molar refractivity (Wildman–Crippen MR) is 52.9 cm³/mol. The summed E-state index contributed by atoms with van der Waals surface area (Å²) in [5.41, 5.74) is -1.26. The summed E-state index contributed by atoms with van der Waals surface area (Å²) in [7, 11) is 2.78. The highest BCUT2D eigenvalue weighted by molar-refractivity contribution is 5.88. The fourth-order valence-corrected chi connectivity index (χ4v) is 1.16. The van der Waals surface area contributed by atoms with Gasteiger partial charge in [0.2, 0.25) is 0 Å². The predicted octanol–water partition coefficient (Wildman–Crippen LogP) is -0.739. The number of nitrogens with zero attached hydrogens (tertiary/aromatic N) is 2. The molecule has 6 nitrogen and oxygen atoms in total. The normalized spacial score (nSPS) is 10.1. The van der Waals surface area contributed by atoms with E-state index in [1.807, 2.05) is 0 Å². The minimum absolute atomic E-state index is 0.138. The standard InChI is InChI=1S/C9H12N2O4/c1-4-15-8(13)6-5-10(2)9(14)11(3)7(6)12/h5H,4H2,1-3H3. The summed E-state index contributed by atoms with van der Waals surface area (Å²) in [5.74, 6) is -0.714. The first-order valence-corrected chi connectivity index (χ1v) is 4.42. The van der Waals surface area contributed by atoms with Crippen molar-refractivity contribution < 1.29 is 9.53 Å². The highest BCUT2D eigenvalue weighted by Gasteiger charge is 2.15. The minimum Gasteiger partial charge on any atom is -0.462 e. The van der Waals surface area contributed by atoms with E-state index in [0.717, 1.165) is 9.13 Å². The van der Waals surface area contributed by atoms with Gasteiger partial charge < -0.3 is 9.30 Å². The molecule has 0 aliphatic rings. The number of aryl methyl sites for hydroxylation is 1. The third-order valence-electron chi connectivity index (χ3n) is 1.94. The summed E-state index contributed by atoms with van der Waals surface area (Å²) in [5, 5.41) is 0. The average Bonchev–Trinajstić information content (AvgIpc) is 2.20. The molecule has 82 valence electrons. The lowest BCUT2D eigenvalue weighted by Crippen LogP contribution is -2.39. The van der Waals surface area contributed by atoms with Crippen LogP contribution in [-0.4, -0.2) is 21.7 Å². The maximum absolute atomic E-state index is 11.5. The Balaban J connectivity index is 3.39. The maximum Gasteiger partial charge on any atom is 0.345 e. The third-order valence-corrected chi connectivity index (χ3v) is 1.94. The van der Waals surface area contributed by atoms with Crippen molar-refractivity contribution in [3.8, 4) is 0 Å². The number of hydrogen-bond acceptors (Lipinski definition) is 4. The Bertz CT molecular complexity index is 498. The van der Waals surface area contributed by atoms with Gasteiger partial charge in [0.1, 0.15) is 5.56 Å². The fraction of sp³-hybridized carbons (Fsp3) is 0.444. The highest BCUT2D eigenvalue weighted by atomic mass is 16.5. The van der Waals surface area contributed by atoms with E-state index in [2.05, 4.69) is 0 Å². The third kappa shape index (κ3) is 1.98. The molecule has 0 aliphatic carbocycles. The molecule has 0 saturated carbocycles. The molecule has 0 unspecified atom stereocenters. The largest absolute Gasteiger partial charge is 0.462 e. The van der Waals surface area contributed by atoms with Crippen LogP contribution in [0.3, 0.4) is 0 Å². The molecule has 0 aliphatic heterocycles. The van der Waals surface area contributed by atoms with E-state index >= 15 is 0 Å². The van der Waals surface area contributed by atoms with Gasteiger partial charge in [0.25, 0.3) is 5.56 Å². The van der Waals surface area contributed by atoms with Crippen LogP contribution < -0.4 is 11.2 Å². The Morgan fingerprint density at radius 3 is 2.53 bits per heavy atom. The van der Waals surface area contributed by atoms with Gasteiger partial charge in [0.05, 0.1) is 6.61 Å². The van der Waals surface area contributed by atoms with Gasteiger partial charge in [-0.1, -0.05) is 0 Å². The second-order valence-corrected chi connectivity index (χ2v) is 3.02. The zero-order valence-corrected chi connectivity index (χ0v) is 8.81. The molecule has 6 heteroatoms. The molecule has 0 N–H and O–H groups in total. The molecule has 15 heavy (non-hydrogen) atoms. The van der Waals surface area contributed by atoms with Crippen LogP contribution >= 0.6 is 0 Å². The number of carbonyl (C=O) groups excluding carboxylic acids is 1. The van der Waals surface area contributed by atoms with Crippen molar-refractivity contribution in [3.05, 3.63) is 32.6 Å². The summed E-state index contributed by atoms with van der Waals surface area (Å²) in [6, 6.07) is 0. The van der Waals surface area contributed by atoms with E-state index in [0.29, 0.717) is 0 Å². The minimum atomic E-state index is -0.714. The lowest BCUT2D eigenvalue weighted by atomic mass is 10.3. The number of esters is 1. The molecule has 0 atom stereocenters. The zero-order valence-electron chi connectivity index (χ0n) is 8.81. The molecule has 1 aromatic rings. The van der Waals surface area contributed by atoms with Crippen LogP contribution in [0.15, 0.2) is 15.8 Å². The van der Waals surface area contributed by atoms with Crippen LogP contribution in [0.25, 0.3) is 0 Å². The van der Waals surface area contributed by atoms with Crippen molar-refractivity contribution in [2.45, 2.75) is 6.92 Å². The molecule has 0 saturated heterocycles. The van der Waals surface area contributed by atoms with E-state index in [-0.39, 0.29) is 12.2 Å². The quantitative estimate of drug-likeness (QED) is 0.605. The Kier molecular flexibility index (Phi) is 3.08. The van der Waals surface area contributed by atoms with E-state index < -0.39 is 17.2 Å². The lowest BCUT2D eigenvalue weighted by Gasteiger charge is -2.05. The van der Waals surface area contributed by atoms with Gasteiger partial charge in [-0.25, -0.2) is 9.59 Å². The average molecular weight is 212 g/mol. The lowest BCUT2D eigenvalue weighted by molar-refractivity contribution is 0.0522. The molecule has 0 spiro atoms. The van der Waals surface area contributed by atoms with Crippen LogP contribution in [0.4, 0.5) is 0 Å². The van der Waals surface area contributed by atoms with E-state index in [9.17, 15) is 14.4 Å². The van der Waals surface area contributed by atoms with Crippen LogP contribution in [0, 0.1) is 0 Å². The van der Waals surface area contributed by atoms with Crippen LogP contribution in [0.5, 0.6) is 0 Å². The molecule has 0 radical (unpaired) electrons. The highest BCUT2D eigenvalue weighted by Crippen LogP contribution is 1.92. The van der Waals surface area contributed by atoms with E-state index in [4.69, 9.17) is 4.74 Å². The van der Waals surface area contributed by atoms with Gasteiger partial charge in [0.15, 0.2) is 0 Å². The van der Waals surface area contributed by atoms with Gasteiger partial charge in [-0.3, -0.25) is 9.36 Å². The van der Waals surface area contributed by atoms with Crippen LogP contribution in [0.2, 0.25) is 0 Å². The molecular weight excluding hydrogens is 200 g/mol. The first-order valence-electron chi connectivity index (χ1n) is 4.42. The van der Waals surface area contributed by atoms with Crippen LogP contribution in [-0.2, 0) is 18.8 Å². The van der Waals surface area contributed by atoms with Crippen LogP contribution in [0.1, 0.15) is 17.3 Å². The van der Waals surface area contributed by atoms with Gasteiger partial charge in [-0.2, -0.15) is 0 Å². The number of aromatic nitrogens is 2. The molecule has 1 aromatic heterocycles. The number of hydrogen-bond donors (Lipinski definition) is 0. The topological polar surface area (TPSA) is 70.3 Å². The van der Waals surface area contributed by atoms with Crippen molar-refractivity contribution >= 4 is 5.97 Å². The Hall–Kier alpha value is -1.85. The maximum atomic E-state index is 11.5. The number of ether oxygens (including phenoxy) is 1. The Morgan fingerprint density at radius 1 is 1.40 bits per heavy atom. The smallest absolute Gasteiger partial charge is 0.345 e. The second-order valence-electron chi connectivity index (χ2n) is 3.02. The molecule has 0 amide bonds. The van der Waals surface area contributed by atoms with Crippen molar-refractivity contribution in [1.29, 1.82) is 0 Å². The van der Waals surface area contributed by atoms with Gasteiger partial charge in [0, 0.05) is 20.3 Å². The summed E-state index contributed by atoms with van der Waals surface area (Å²) in [4.78, 5) is 34.1. The summed E-state index contributed by atoms with van der Waals surface area (Å²) < 4.78 is 6.72. The first-order chi connectivity index (χ1) is 6.99. The van der Waals surface area contributed by atoms with E-state index in [1.165, 1.54) is 20.3 Å². The number of carbonyl (C=O) groups is 1. The second kappa shape index (κ2) is 4.12. The monoisotopic (exact) mass is 212 g/mol. The molecule has 0 aromatic carbocycles. The van der Waals surface area contributed by atoms with Gasteiger partial charge in [-0.05, 0) is 6.92 Å². The molecule has 0 bridgehead atoms. The molecular formula is C9H12N2O4. The van der Waals surface area contributed by atoms with Crippen molar-refractivity contribution in [2.24, 2.45) is 14.1 Å². The molecule has 0 fully saturated rings. The molecule has 1 heterocycles. The molecule has 1 rings (SSSR count). The first kappa shape index (κ1) is 11.2. The SMILES string of the molecule is CCOC(=O)c1cn(C)c(=O)n(C)c1=O.